The topological polar surface area (TPSA) is 78.3 Å². The predicted octanol–water partition coefficient (Wildman–Crippen LogP) is 1.94. The van der Waals surface area contributed by atoms with Gasteiger partial charge < -0.3 is 14.8 Å². The lowest BCUT2D eigenvalue weighted by atomic mass is 10.1. The Morgan fingerprint density at radius 2 is 2.08 bits per heavy atom. The molecule has 1 aliphatic rings. The molecular formula is C19H18N4O3. The first kappa shape index (κ1) is 16.1. The first-order valence-electron chi connectivity index (χ1n) is 8.28. The van der Waals surface area contributed by atoms with Gasteiger partial charge in [0.1, 0.15) is 6.61 Å². The molecule has 0 saturated heterocycles. The summed E-state index contributed by atoms with van der Waals surface area (Å²) >= 11 is 0. The summed E-state index contributed by atoms with van der Waals surface area (Å²) in [5, 5.41) is 7.04. The Balaban J connectivity index is 1.39. The minimum Gasteiger partial charge on any atom is -0.485 e. The summed E-state index contributed by atoms with van der Waals surface area (Å²) in [7, 11) is 1.87. The molecule has 3 aromatic rings. The monoisotopic (exact) mass is 350 g/mol. The van der Waals surface area contributed by atoms with E-state index in [1.54, 1.807) is 29.3 Å². The van der Waals surface area contributed by atoms with Crippen molar-refractivity contribution in [2.24, 2.45) is 7.05 Å². The number of fused-ring (bicyclic) bond motifs is 1. The highest BCUT2D eigenvalue weighted by atomic mass is 16.6. The lowest BCUT2D eigenvalue weighted by Gasteiger charge is -2.25. The molecule has 1 aliphatic heterocycles. The smallest absolute Gasteiger partial charge is 0.264 e. The van der Waals surface area contributed by atoms with Crippen molar-refractivity contribution in [3.05, 3.63) is 60.7 Å². The predicted molar refractivity (Wildman–Crippen MR) is 94.6 cm³/mol. The van der Waals surface area contributed by atoms with E-state index in [0.717, 1.165) is 16.7 Å². The van der Waals surface area contributed by atoms with Gasteiger partial charge in [-0.15, -0.1) is 0 Å². The number of hydrogen-bond donors (Lipinski definition) is 1. The van der Waals surface area contributed by atoms with Crippen molar-refractivity contribution in [1.82, 2.24) is 20.1 Å². The largest absolute Gasteiger partial charge is 0.485 e. The van der Waals surface area contributed by atoms with E-state index in [0.29, 0.717) is 18.0 Å². The second-order valence-electron chi connectivity index (χ2n) is 6.07. The SMILES string of the molecule is Cn1cc(-c2cncc(CNC(=O)[C@@H]3COc4ccccc4O3)c2)cn1. The van der Waals surface area contributed by atoms with Crippen molar-refractivity contribution in [1.29, 1.82) is 0 Å². The highest BCUT2D eigenvalue weighted by Crippen LogP contribution is 2.30. The Hall–Kier alpha value is -3.35. The number of pyridine rings is 1. The molecule has 0 spiro atoms. The van der Waals surface area contributed by atoms with Crippen LogP contribution in [0.4, 0.5) is 0 Å². The van der Waals surface area contributed by atoms with Crippen molar-refractivity contribution in [3.63, 3.8) is 0 Å². The van der Waals surface area contributed by atoms with Gasteiger partial charge in [-0.2, -0.15) is 5.10 Å². The van der Waals surface area contributed by atoms with E-state index in [2.05, 4.69) is 15.4 Å². The summed E-state index contributed by atoms with van der Waals surface area (Å²) in [6, 6.07) is 9.30. The Morgan fingerprint density at radius 3 is 2.88 bits per heavy atom. The van der Waals surface area contributed by atoms with E-state index in [-0.39, 0.29) is 12.5 Å². The lowest BCUT2D eigenvalue weighted by Crippen LogP contribution is -2.43. The molecule has 1 amide bonds. The Kier molecular flexibility index (Phi) is 4.27. The van der Waals surface area contributed by atoms with Crippen LogP contribution < -0.4 is 14.8 Å². The molecule has 0 saturated carbocycles. The number of aromatic nitrogens is 3. The number of carbonyl (C=O) groups is 1. The molecule has 3 heterocycles. The van der Waals surface area contributed by atoms with Crippen molar-refractivity contribution in [2.75, 3.05) is 6.61 Å². The molecule has 4 rings (SSSR count). The maximum absolute atomic E-state index is 12.4. The standard InChI is InChI=1S/C19H18N4O3/c1-23-11-15(10-22-23)14-6-13(7-20-9-14)8-21-19(24)18-12-25-16-4-2-3-5-17(16)26-18/h2-7,9-11,18H,8,12H2,1H3,(H,21,24)/t18-/m0/s1. The third kappa shape index (κ3) is 3.37. The molecule has 132 valence electrons. The van der Waals surface area contributed by atoms with Crippen LogP contribution in [0.25, 0.3) is 11.1 Å². The highest BCUT2D eigenvalue weighted by Gasteiger charge is 2.26. The second-order valence-corrected chi connectivity index (χ2v) is 6.07. The number of amides is 1. The third-order valence-electron chi connectivity index (χ3n) is 4.10. The van der Waals surface area contributed by atoms with Crippen molar-refractivity contribution >= 4 is 5.91 Å². The van der Waals surface area contributed by atoms with Gasteiger partial charge in [0.2, 0.25) is 6.10 Å². The summed E-state index contributed by atoms with van der Waals surface area (Å²) in [5.74, 6) is 1.02. The number of nitrogens with zero attached hydrogens (tertiary/aromatic N) is 3. The van der Waals surface area contributed by atoms with E-state index >= 15 is 0 Å². The van der Waals surface area contributed by atoms with Crippen LogP contribution in [0.15, 0.2) is 55.1 Å². The summed E-state index contributed by atoms with van der Waals surface area (Å²) < 4.78 is 13.0. The van der Waals surface area contributed by atoms with Crippen LogP contribution in [-0.4, -0.2) is 33.4 Å². The molecule has 1 atom stereocenters. The molecule has 7 heteroatoms. The summed E-state index contributed by atoms with van der Waals surface area (Å²) in [6.07, 6.45) is 6.54. The van der Waals surface area contributed by atoms with Crippen LogP contribution in [0.1, 0.15) is 5.56 Å². The lowest BCUT2D eigenvalue weighted by molar-refractivity contribution is -0.130. The van der Waals surface area contributed by atoms with Crippen molar-refractivity contribution in [2.45, 2.75) is 12.6 Å². The molecule has 0 bridgehead atoms. The fourth-order valence-corrected chi connectivity index (χ4v) is 2.76. The summed E-state index contributed by atoms with van der Waals surface area (Å²) in [5.41, 5.74) is 2.83. The average molecular weight is 350 g/mol. The molecule has 2 aromatic heterocycles. The second kappa shape index (κ2) is 6.87. The first-order valence-corrected chi connectivity index (χ1v) is 8.28. The highest BCUT2D eigenvalue weighted by molar-refractivity contribution is 5.81. The van der Waals surface area contributed by atoms with E-state index in [4.69, 9.17) is 9.47 Å². The number of benzene rings is 1. The number of carbonyl (C=O) groups excluding carboxylic acids is 1. The number of nitrogens with one attached hydrogen (secondary N) is 1. The number of rotatable bonds is 4. The van der Waals surface area contributed by atoms with E-state index < -0.39 is 6.10 Å². The number of para-hydroxylation sites is 2. The number of aryl methyl sites for hydroxylation is 1. The Morgan fingerprint density at radius 1 is 1.23 bits per heavy atom. The van der Waals surface area contributed by atoms with Crippen LogP contribution in [0.5, 0.6) is 11.5 Å². The zero-order chi connectivity index (χ0) is 17.9. The molecule has 0 fully saturated rings. The van der Waals surface area contributed by atoms with Crippen LogP contribution in [0.3, 0.4) is 0 Å². The molecule has 1 N–H and O–H groups in total. The van der Waals surface area contributed by atoms with Crippen LogP contribution in [0, 0.1) is 0 Å². The zero-order valence-corrected chi connectivity index (χ0v) is 14.3. The molecule has 0 unspecified atom stereocenters. The fourth-order valence-electron chi connectivity index (χ4n) is 2.76. The molecular weight excluding hydrogens is 332 g/mol. The third-order valence-corrected chi connectivity index (χ3v) is 4.10. The van der Waals surface area contributed by atoms with Gasteiger partial charge in [-0.3, -0.25) is 14.5 Å². The Bertz CT molecular complexity index is 938. The van der Waals surface area contributed by atoms with Gasteiger partial charge in [0, 0.05) is 43.3 Å². The number of ether oxygens (including phenoxy) is 2. The molecule has 1 aromatic carbocycles. The first-order chi connectivity index (χ1) is 12.7. The maximum Gasteiger partial charge on any atom is 0.264 e. The quantitative estimate of drug-likeness (QED) is 0.778. The van der Waals surface area contributed by atoms with Gasteiger partial charge in [0.15, 0.2) is 11.5 Å². The molecule has 0 aliphatic carbocycles. The van der Waals surface area contributed by atoms with Gasteiger partial charge >= 0.3 is 0 Å². The molecule has 0 radical (unpaired) electrons. The minimum atomic E-state index is -0.667. The van der Waals surface area contributed by atoms with Gasteiger partial charge in [-0.25, -0.2) is 0 Å². The van der Waals surface area contributed by atoms with Crippen LogP contribution in [0.2, 0.25) is 0 Å². The van der Waals surface area contributed by atoms with Gasteiger partial charge in [-0.05, 0) is 23.8 Å². The maximum atomic E-state index is 12.4. The van der Waals surface area contributed by atoms with Crippen molar-refractivity contribution in [3.8, 4) is 22.6 Å². The molecule has 7 nitrogen and oxygen atoms in total. The molecule has 26 heavy (non-hydrogen) atoms. The van der Waals surface area contributed by atoms with Crippen LogP contribution in [-0.2, 0) is 18.4 Å². The zero-order valence-electron chi connectivity index (χ0n) is 14.3. The fraction of sp³-hybridized carbons (Fsp3) is 0.211. The van der Waals surface area contributed by atoms with Gasteiger partial charge in [0.25, 0.3) is 5.91 Å². The average Bonchev–Trinajstić information content (AvgIpc) is 3.12. The van der Waals surface area contributed by atoms with Crippen molar-refractivity contribution < 1.29 is 14.3 Å². The summed E-state index contributed by atoms with van der Waals surface area (Å²) in [6.45, 7) is 0.554. The number of hydrogen-bond acceptors (Lipinski definition) is 5. The minimum absolute atomic E-state index is 0.191. The Labute approximate surface area is 150 Å². The van der Waals surface area contributed by atoms with E-state index in [1.165, 1.54) is 0 Å². The van der Waals surface area contributed by atoms with Gasteiger partial charge in [0.05, 0.1) is 6.20 Å². The van der Waals surface area contributed by atoms with E-state index in [1.807, 2.05) is 37.5 Å². The van der Waals surface area contributed by atoms with Crippen LogP contribution >= 0.6 is 0 Å². The normalized spacial score (nSPS) is 15.5. The van der Waals surface area contributed by atoms with Gasteiger partial charge in [-0.1, -0.05) is 12.1 Å². The summed E-state index contributed by atoms with van der Waals surface area (Å²) in [4.78, 5) is 16.6. The van der Waals surface area contributed by atoms with E-state index in [9.17, 15) is 4.79 Å².